The first-order valence-electron chi connectivity index (χ1n) is 7.22. The van der Waals surface area contributed by atoms with Crippen LogP contribution in [0, 0.1) is 0 Å². The topological polar surface area (TPSA) is 75.6 Å². The van der Waals surface area contributed by atoms with E-state index < -0.39 is 18.2 Å². The number of carbonyl (C=O) groups is 2. The van der Waals surface area contributed by atoms with Crippen molar-refractivity contribution in [3.05, 3.63) is 0 Å². The highest BCUT2D eigenvalue weighted by atomic mass is 16.6. The highest BCUT2D eigenvalue weighted by Crippen LogP contribution is 2.06. The van der Waals surface area contributed by atoms with Crippen molar-refractivity contribution >= 4 is 12.1 Å². The molecule has 5 nitrogen and oxygen atoms in total. The third-order valence-electron chi connectivity index (χ3n) is 2.82. The van der Waals surface area contributed by atoms with Crippen molar-refractivity contribution in [2.45, 2.75) is 71.3 Å². The molecule has 1 amide bonds. The minimum atomic E-state index is -0.965. The standard InChI is InChI=1S/C14H27NO4/c1-3-4-5-6-7-8-9-10-15-14(18)19-12(2)11-13(16)17/h12H,3-11H2,1-2H3,(H,15,18)(H,16,17). The lowest BCUT2D eigenvalue weighted by Gasteiger charge is -2.11. The van der Waals surface area contributed by atoms with E-state index in [0.717, 1.165) is 12.8 Å². The summed E-state index contributed by atoms with van der Waals surface area (Å²) in [4.78, 5) is 21.7. The average molecular weight is 273 g/mol. The van der Waals surface area contributed by atoms with Gasteiger partial charge in [0.2, 0.25) is 0 Å². The van der Waals surface area contributed by atoms with E-state index in [1.165, 1.54) is 32.1 Å². The van der Waals surface area contributed by atoms with Crippen LogP contribution >= 0.6 is 0 Å². The van der Waals surface area contributed by atoms with E-state index in [0.29, 0.717) is 6.54 Å². The first-order valence-corrected chi connectivity index (χ1v) is 7.22. The summed E-state index contributed by atoms with van der Waals surface area (Å²) in [6.07, 6.45) is 7.06. The summed E-state index contributed by atoms with van der Waals surface area (Å²) in [7, 11) is 0. The van der Waals surface area contributed by atoms with Gasteiger partial charge in [-0.05, 0) is 13.3 Å². The average Bonchev–Trinajstić information content (AvgIpc) is 2.31. The Morgan fingerprint density at radius 3 is 2.26 bits per heavy atom. The Hall–Kier alpha value is -1.26. The molecule has 1 unspecified atom stereocenters. The van der Waals surface area contributed by atoms with E-state index in [2.05, 4.69) is 12.2 Å². The number of aliphatic carboxylic acids is 1. The molecule has 0 heterocycles. The molecular weight excluding hydrogens is 246 g/mol. The van der Waals surface area contributed by atoms with Crippen LogP contribution in [0.4, 0.5) is 4.79 Å². The summed E-state index contributed by atoms with van der Waals surface area (Å²) >= 11 is 0. The summed E-state index contributed by atoms with van der Waals surface area (Å²) < 4.78 is 4.89. The van der Waals surface area contributed by atoms with E-state index in [-0.39, 0.29) is 6.42 Å². The summed E-state index contributed by atoms with van der Waals surface area (Å²) in [6.45, 7) is 4.36. The molecule has 1 atom stereocenters. The molecule has 0 radical (unpaired) electrons. The maximum absolute atomic E-state index is 11.3. The Labute approximate surface area is 115 Å². The molecule has 0 aliphatic carbocycles. The Kier molecular flexibility index (Phi) is 11.0. The van der Waals surface area contributed by atoms with Crippen LogP contribution in [-0.4, -0.2) is 29.8 Å². The summed E-state index contributed by atoms with van der Waals surface area (Å²) in [5.41, 5.74) is 0. The van der Waals surface area contributed by atoms with Gasteiger partial charge < -0.3 is 15.2 Å². The predicted molar refractivity (Wildman–Crippen MR) is 74.2 cm³/mol. The minimum Gasteiger partial charge on any atom is -0.481 e. The lowest BCUT2D eigenvalue weighted by atomic mass is 10.1. The number of carboxylic acids is 1. The number of hydrogen-bond acceptors (Lipinski definition) is 3. The van der Waals surface area contributed by atoms with Crippen LogP contribution in [0.5, 0.6) is 0 Å². The van der Waals surface area contributed by atoms with E-state index in [1.807, 2.05) is 0 Å². The maximum atomic E-state index is 11.3. The van der Waals surface area contributed by atoms with Crippen LogP contribution in [-0.2, 0) is 9.53 Å². The normalized spacial score (nSPS) is 11.9. The fraction of sp³-hybridized carbons (Fsp3) is 0.857. The smallest absolute Gasteiger partial charge is 0.407 e. The fourth-order valence-corrected chi connectivity index (χ4v) is 1.78. The lowest BCUT2D eigenvalue weighted by Crippen LogP contribution is -2.29. The molecule has 112 valence electrons. The van der Waals surface area contributed by atoms with Crippen molar-refractivity contribution in [1.82, 2.24) is 5.32 Å². The van der Waals surface area contributed by atoms with Gasteiger partial charge in [-0.25, -0.2) is 4.79 Å². The van der Waals surface area contributed by atoms with E-state index in [9.17, 15) is 9.59 Å². The molecule has 0 aliphatic heterocycles. The number of rotatable bonds is 11. The molecule has 0 aromatic carbocycles. The van der Waals surface area contributed by atoms with Gasteiger partial charge in [-0.3, -0.25) is 4.79 Å². The van der Waals surface area contributed by atoms with Crippen molar-refractivity contribution in [3.63, 3.8) is 0 Å². The van der Waals surface area contributed by atoms with Crippen LogP contribution in [0.2, 0.25) is 0 Å². The summed E-state index contributed by atoms with van der Waals surface area (Å²) in [5.74, 6) is -0.965. The number of ether oxygens (including phenoxy) is 1. The largest absolute Gasteiger partial charge is 0.481 e. The van der Waals surface area contributed by atoms with Crippen molar-refractivity contribution < 1.29 is 19.4 Å². The highest BCUT2D eigenvalue weighted by molar-refractivity contribution is 5.70. The zero-order chi connectivity index (χ0) is 14.5. The number of carboxylic acid groups (broad SMARTS) is 1. The van der Waals surface area contributed by atoms with Gasteiger partial charge in [0.25, 0.3) is 0 Å². The lowest BCUT2D eigenvalue weighted by molar-refractivity contribution is -0.138. The van der Waals surface area contributed by atoms with Gasteiger partial charge in [-0.1, -0.05) is 45.4 Å². The van der Waals surface area contributed by atoms with E-state index in [4.69, 9.17) is 9.84 Å². The number of carbonyl (C=O) groups excluding carboxylic acids is 1. The molecule has 19 heavy (non-hydrogen) atoms. The van der Waals surface area contributed by atoms with Crippen LogP contribution in [0.25, 0.3) is 0 Å². The minimum absolute atomic E-state index is 0.162. The molecule has 0 saturated carbocycles. The molecular formula is C14H27NO4. The van der Waals surface area contributed by atoms with Gasteiger partial charge >= 0.3 is 12.1 Å². The van der Waals surface area contributed by atoms with E-state index in [1.54, 1.807) is 6.92 Å². The Morgan fingerprint density at radius 1 is 1.11 bits per heavy atom. The van der Waals surface area contributed by atoms with Crippen molar-refractivity contribution in [2.24, 2.45) is 0 Å². The third kappa shape index (κ3) is 13.0. The predicted octanol–water partition coefficient (Wildman–Crippen LogP) is 3.33. The Balaban J connectivity index is 3.36. The van der Waals surface area contributed by atoms with Crippen molar-refractivity contribution in [2.75, 3.05) is 6.54 Å². The zero-order valence-corrected chi connectivity index (χ0v) is 12.1. The van der Waals surface area contributed by atoms with Gasteiger partial charge in [-0.15, -0.1) is 0 Å². The van der Waals surface area contributed by atoms with Crippen LogP contribution in [0.3, 0.4) is 0 Å². The molecule has 0 aliphatic rings. The number of nitrogens with one attached hydrogen (secondary N) is 1. The monoisotopic (exact) mass is 273 g/mol. The number of hydrogen-bond donors (Lipinski definition) is 2. The number of amides is 1. The SMILES string of the molecule is CCCCCCCCCNC(=O)OC(C)CC(=O)O. The second kappa shape index (κ2) is 11.8. The fourth-order valence-electron chi connectivity index (χ4n) is 1.78. The summed E-state index contributed by atoms with van der Waals surface area (Å²) in [5, 5.41) is 11.2. The van der Waals surface area contributed by atoms with E-state index >= 15 is 0 Å². The van der Waals surface area contributed by atoms with Gasteiger partial charge in [0.1, 0.15) is 6.10 Å². The van der Waals surface area contributed by atoms with Gasteiger partial charge in [0, 0.05) is 6.54 Å². The second-order valence-corrected chi connectivity index (χ2v) is 4.86. The quantitative estimate of drug-likeness (QED) is 0.566. The second-order valence-electron chi connectivity index (χ2n) is 4.86. The molecule has 5 heteroatoms. The first kappa shape index (κ1) is 17.7. The highest BCUT2D eigenvalue weighted by Gasteiger charge is 2.12. The molecule has 2 N–H and O–H groups in total. The van der Waals surface area contributed by atoms with Gasteiger partial charge in [0.15, 0.2) is 0 Å². The molecule has 0 spiro atoms. The molecule has 0 rings (SSSR count). The zero-order valence-electron chi connectivity index (χ0n) is 12.1. The summed E-state index contributed by atoms with van der Waals surface area (Å²) in [6, 6.07) is 0. The van der Waals surface area contributed by atoms with Crippen molar-refractivity contribution in [1.29, 1.82) is 0 Å². The number of unbranched alkanes of at least 4 members (excludes halogenated alkanes) is 6. The molecule has 0 aromatic heterocycles. The van der Waals surface area contributed by atoms with Crippen LogP contribution in [0.15, 0.2) is 0 Å². The van der Waals surface area contributed by atoms with Crippen molar-refractivity contribution in [3.8, 4) is 0 Å². The molecule has 0 saturated heterocycles. The van der Waals surface area contributed by atoms with Crippen LogP contribution < -0.4 is 5.32 Å². The third-order valence-corrected chi connectivity index (χ3v) is 2.82. The van der Waals surface area contributed by atoms with Crippen LogP contribution in [0.1, 0.15) is 65.2 Å². The Morgan fingerprint density at radius 2 is 1.68 bits per heavy atom. The molecule has 0 bridgehead atoms. The maximum Gasteiger partial charge on any atom is 0.407 e. The Bertz CT molecular complexity index is 256. The molecule has 0 aromatic rings. The van der Waals surface area contributed by atoms with Gasteiger partial charge in [0.05, 0.1) is 6.42 Å². The number of alkyl carbamates (subject to hydrolysis) is 1. The first-order chi connectivity index (χ1) is 9.06. The molecule has 0 fully saturated rings. The van der Waals surface area contributed by atoms with Gasteiger partial charge in [-0.2, -0.15) is 0 Å².